The van der Waals surface area contributed by atoms with Crippen molar-refractivity contribution in [3.8, 4) is 11.9 Å². The lowest BCUT2D eigenvalue weighted by atomic mass is 9.95. The van der Waals surface area contributed by atoms with Gasteiger partial charge >= 0.3 is 0 Å². The van der Waals surface area contributed by atoms with Crippen LogP contribution < -0.4 is 4.74 Å². The molecule has 0 bridgehead atoms. The van der Waals surface area contributed by atoms with Crippen LogP contribution in [0.25, 0.3) is 0 Å². The van der Waals surface area contributed by atoms with Crippen molar-refractivity contribution in [2.45, 2.75) is 58.5 Å². The SMILES string of the molecule is CCCC(CCC)C(=O)N1CCCC(Oc2nccnc2C#N)C1. The Bertz CT molecular complexity index is 579. The first-order chi connectivity index (χ1) is 11.7. The summed E-state index contributed by atoms with van der Waals surface area (Å²) < 4.78 is 5.87. The Kier molecular flexibility index (Phi) is 6.98. The zero-order chi connectivity index (χ0) is 17.4. The minimum Gasteiger partial charge on any atom is -0.470 e. The van der Waals surface area contributed by atoms with Crippen LogP contribution in [-0.4, -0.2) is 40.0 Å². The third-order valence-electron chi connectivity index (χ3n) is 4.36. The van der Waals surface area contributed by atoms with Crippen molar-refractivity contribution in [3.63, 3.8) is 0 Å². The summed E-state index contributed by atoms with van der Waals surface area (Å²) in [5.41, 5.74) is 0.191. The van der Waals surface area contributed by atoms with Gasteiger partial charge in [-0.1, -0.05) is 26.7 Å². The van der Waals surface area contributed by atoms with Crippen molar-refractivity contribution >= 4 is 5.91 Å². The fourth-order valence-electron chi connectivity index (χ4n) is 3.23. The Morgan fingerprint density at radius 3 is 2.75 bits per heavy atom. The first-order valence-corrected chi connectivity index (χ1v) is 8.86. The van der Waals surface area contributed by atoms with E-state index >= 15 is 0 Å². The summed E-state index contributed by atoms with van der Waals surface area (Å²) in [5, 5.41) is 9.08. The van der Waals surface area contributed by atoms with E-state index in [0.717, 1.165) is 45.1 Å². The van der Waals surface area contributed by atoms with Gasteiger partial charge in [0, 0.05) is 24.9 Å². The predicted molar refractivity (Wildman–Crippen MR) is 90.3 cm³/mol. The second kappa shape index (κ2) is 9.21. The minimum absolute atomic E-state index is 0.116. The second-order valence-corrected chi connectivity index (χ2v) is 6.26. The van der Waals surface area contributed by atoms with E-state index in [0.29, 0.717) is 6.54 Å². The average molecular weight is 330 g/mol. The van der Waals surface area contributed by atoms with Crippen LogP contribution in [-0.2, 0) is 4.79 Å². The molecule has 1 fully saturated rings. The molecule has 1 atom stereocenters. The number of carbonyl (C=O) groups is 1. The summed E-state index contributed by atoms with van der Waals surface area (Å²) in [4.78, 5) is 22.8. The summed E-state index contributed by atoms with van der Waals surface area (Å²) in [6, 6.07) is 1.99. The largest absolute Gasteiger partial charge is 0.470 e. The standard InChI is InChI=1S/C18H26N4O2/c1-3-6-14(7-4-2)18(23)22-11-5-8-15(13-22)24-17-16(12-19)20-9-10-21-17/h9-10,14-15H,3-8,11,13H2,1-2H3. The summed E-state index contributed by atoms with van der Waals surface area (Å²) >= 11 is 0. The first kappa shape index (κ1) is 18.2. The van der Waals surface area contributed by atoms with Crippen LogP contribution in [0.3, 0.4) is 0 Å². The molecule has 0 aromatic carbocycles. The van der Waals surface area contributed by atoms with Crippen molar-refractivity contribution < 1.29 is 9.53 Å². The number of nitriles is 1. The summed E-state index contributed by atoms with van der Waals surface area (Å²) in [5.74, 6) is 0.620. The normalized spacial score (nSPS) is 17.6. The fraction of sp³-hybridized carbons (Fsp3) is 0.667. The van der Waals surface area contributed by atoms with Gasteiger partial charge in [-0.3, -0.25) is 4.79 Å². The number of hydrogen-bond acceptors (Lipinski definition) is 5. The number of ether oxygens (including phenoxy) is 1. The third-order valence-corrected chi connectivity index (χ3v) is 4.36. The van der Waals surface area contributed by atoms with Crippen molar-refractivity contribution in [1.29, 1.82) is 5.26 Å². The fourth-order valence-corrected chi connectivity index (χ4v) is 3.23. The molecular formula is C18H26N4O2. The molecule has 6 nitrogen and oxygen atoms in total. The average Bonchev–Trinajstić information content (AvgIpc) is 2.61. The molecule has 2 rings (SSSR count). The predicted octanol–water partition coefficient (Wildman–Crippen LogP) is 2.93. The van der Waals surface area contributed by atoms with Crippen LogP contribution in [0.5, 0.6) is 5.88 Å². The Labute approximate surface area is 143 Å². The Hall–Kier alpha value is -2.16. The molecule has 1 aliphatic heterocycles. The summed E-state index contributed by atoms with van der Waals surface area (Å²) in [7, 11) is 0. The van der Waals surface area contributed by atoms with Gasteiger partial charge in [-0.15, -0.1) is 0 Å². The molecule has 6 heteroatoms. The summed E-state index contributed by atoms with van der Waals surface area (Å²) in [6.45, 7) is 5.59. The van der Waals surface area contributed by atoms with Crippen LogP contribution in [0.2, 0.25) is 0 Å². The molecule has 24 heavy (non-hydrogen) atoms. The number of carbonyl (C=O) groups excluding carboxylic acids is 1. The zero-order valence-electron chi connectivity index (χ0n) is 14.6. The third kappa shape index (κ3) is 4.67. The van der Waals surface area contributed by atoms with E-state index in [1.54, 1.807) is 0 Å². The van der Waals surface area contributed by atoms with Crippen molar-refractivity contribution in [2.24, 2.45) is 5.92 Å². The maximum atomic E-state index is 12.8. The van der Waals surface area contributed by atoms with E-state index in [-0.39, 0.29) is 29.5 Å². The molecule has 2 heterocycles. The van der Waals surface area contributed by atoms with Gasteiger partial charge in [0.2, 0.25) is 11.6 Å². The Morgan fingerprint density at radius 1 is 1.38 bits per heavy atom. The lowest BCUT2D eigenvalue weighted by Crippen LogP contribution is -2.46. The van der Waals surface area contributed by atoms with Crippen molar-refractivity contribution in [3.05, 3.63) is 18.1 Å². The van der Waals surface area contributed by atoms with E-state index < -0.39 is 0 Å². The highest BCUT2D eigenvalue weighted by atomic mass is 16.5. The van der Waals surface area contributed by atoms with Gasteiger partial charge in [0.05, 0.1) is 6.54 Å². The van der Waals surface area contributed by atoms with Crippen LogP contribution in [0, 0.1) is 17.2 Å². The molecule has 0 aliphatic carbocycles. The molecule has 1 unspecified atom stereocenters. The van der Waals surface area contributed by atoms with Crippen LogP contribution in [0.15, 0.2) is 12.4 Å². The molecule has 1 aliphatic rings. The van der Waals surface area contributed by atoms with Gasteiger partial charge in [-0.05, 0) is 25.7 Å². The molecule has 0 saturated carbocycles. The van der Waals surface area contributed by atoms with Crippen LogP contribution >= 0.6 is 0 Å². The minimum atomic E-state index is -0.129. The van der Waals surface area contributed by atoms with E-state index in [1.807, 2.05) is 11.0 Å². The van der Waals surface area contributed by atoms with Gasteiger partial charge in [0.1, 0.15) is 12.2 Å². The van der Waals surface area contributed by atoms with Gasteiger partial charge in [-0.25, -0.2) is 9.97 Å². The number of rotatable bonds is 7. The topological polar surface area (TPSA) is 79.1 Å². The molecule has 1 saturated heterocycles. The molecular weight excluding hydrogens is 304 g/mol. The second-order valence-electron chi connectivity index (χ2n) is 6.26. The molecule has 0 N–H and O–H groups in total. The maximum Gasteiger partial charge on any atom is 0.251 e. The van der Waals surface area contributed by atoms with E-state index in [1.165, 1.54) is 12.4 Å². The monoisotopic (exact) mass is 330 g/mol. The Balaban J connectivity index is 2.00. The van der Waals surface area contributed by atoms with Gasteiger partial charge in [0.25, 0.3) is 5.88 Å². The molecule has 1 aromatic rings. The van der Waals surface area contributed by atoms with Crippen molar-refractivity contribution in [1.82, 2.24) is 14.9 Å². The van der Waals surface area contributed by atoms with E-state index in [9.17, 15) is 4.79 Å². The lowest BCUT2D eigenvalue weighted by Gasteiger charge is -2.34. The maximum absolute atomic E-state index is 12.8. The smallest absolute Gasteiger partial charge is 0.251 e. The number of aromatic nitrogens is 2. The van der Waals surface area contributed by atoms with E-state index in [2.05, 4.69) is 23.8 Å². The highest BCUT2D eigenvalue weighted by Gasteiger charge is 2.29. The van der Waals surface area contributed by atoms with Crippen molar-refractivity contribution in [2.75, 3.05) is 13.1 Å². The number of piperidine rings is 1. The number of hydrogen-bond donors (Lipinski definition) is 0. The lowest BCUT2D eigenvalue weighted by molar-refractivity contribution is -0.138. The molecule has 0 spiro atoms. The first-order valence-electron chi connectivity index (χ1n) is 8.86. The molecule has 1 amide bonds. The quantitative estimate of drug-likeness (QED) is 0.768. The Morgan fingerprint density at radius 2 is 2.08 bits per heavy atom. The van der Waals surface area contributed by atoms with Crippen LogP contribution in [0.1, 0.15) is 58.1 Å². The number of nitrogens with zero attached hydrogens (tertiary/aromatic N) is 4. The van der Waals surface area contributed by atoms with Gasteiger partial charge in [-0.2, -0.15) is 5.26 Å². The highest BCUT2D eigenvalue weighted by molar-refractivity contribution is 5.79. The van der Waals surface area contributed by atoms with E-state index in [4.69, 9.17) is 10.00 Å². The molecule has 130 valence electrons. The molecule has 0 radical (unpaired) electrons. The van der Waals surface area contributed by atoms with Gasteiger partial charge in [0.15, 0.2) is 0 Å². The highest BCUT2D eigenvalue weighted by Crippen LogP contribution is 2.22. The number of likely N-dealkylation sites (tertiary alicyclic amines) is 1. The molecule has 1 aromatic heterocycles. The zero-order valence-corrected chi connectivity index (χ0v) is 14.6. The summed E-state index contributed by atoms with van der Waals surface area (Å²) in [6.07, 6.45) is 8.55. The van der Waals surface area contributed by atoms with Crippen LogP contribution in [0.4, 0.5) is 0 Å². The number of amides is 1. The van der Waals surface area contributed by atoms with Gasteiger partial charge < -0.3 is 9.64 Å².